The van der Waals surface area contributed by atoms with E-state index in [9.17, 15) is 15.0 Å². The van der Waals surface area contributed by atoms with Gasteiger partial charge in [0.2, 0.25) is 5.91 Å². The Morgan fingerprint density at radius 3 is 1.27 bits per heavy atom. The van der Waals surface area contributed by atoms with Crippen LogP contribution in [0.15, 0.2) is 122 Å². The molecule has 0 fully saturated rings. The van der Waals surface area contributed by atoms with Gasteiger partial charge in [0.25, 0.3) is 0 Å². The van der Waals surface area contributed by atoms with Crippen molar-refractivity contribution in [3.8, 4) is 0 Å². The van der Waals surface area contributed by atoms with Crippen LogP contribution in [0, 0.1) is 0 Å². The van der Waals surface area contributed by atoms with E-state index >= 15 is 0 Å². The van der Waals surface area contributed by atoms with Crippen molar-refractivity contribution in [3.63, 3.8) is 0 Å². The number of amides is 1. The normalized spacial score (nSPS) is 14.3. The number of hydrogen-bond donors (Lipinski definition) is 3. The molecular weight excluding hydrogens is 639 g/mol. The maximum atomic E-state index is 12.2. The molecule has 0 bridgehead atoms. The number of aliphatic hydroxyl groups is 2. The highest BCUT2D eigenvalue weighted by Crippen LogP contribution is 2.11. The second-order valence-electron chi connectivity index (χ2n) is 13.3. The first-order valence-electron chi connectivity index (χ1n) is 20.7. The van der Waals surface area contributed by atoms with E-state index in [-0.39, 0.29) is 12.5 Å². The first kappa shape index (κ1) is 48.8. The Morgan fingerprint density at radius 2 is 0.846 bits per heavy atom. The number of rotatable bonds is 35. The van der Waals surface area contributed by atoms with Crippen molar-refractivity contribution < 1.29 is 15.0 Å². The minimum absolute atomic E-state index is 0.0903. The fraction of sp³-hybridized carbons (Fsp3) is 0.562. The molecule has 52 heavy (non-hydrogen) atoms. The Labute approximate surface area is 320 Å². The van der Waals surface area contributed by atoms with Crippen molar-refractivity contribution in [1.29, 1.82) is 0 Å². The third-order valence-corrected chi connectivity index (χ3v) is 8.45. The zero-order valence-electron chi connectivity index (χ0n) is 33.3. The molecule has 0 saturated carbocycles. The molecule has 0 aliphatic heterocycles. The summed E-state index contributed by atoms with van der Waals surface area (Å²) in [7, 11) is 0. The van der Waals surface area contributed by atoms with Gasteiger partial charge in [0.15, 0.2) is 0 Å². The number of nitrogens with one attached hydrogen (secondary N) is 1. The quantitative estimate of drug-likeness (QED) is 0.0452. The molecule has 0 aliphatic rings. The van der Waals surface area contributed by atoms with Crippen LogP contribution >= 0.6 is 0 Å². The predicted octanol–water partition coefficient (Wildman–Crippen LogP) is 13.0. The van der Waals surface area contributed by atoms with Gasteiger partial charge < -0.3 is 15.5 Å². The van der Waals surface area contributed by atoms with Crippen LogP contribution < -0.4 is 5.32 Å². The van der Waals surface area contributed by atoms with E-state index in [0.29, 0.717) is 6.42 Å². The van der Waals surface area contributed by atoms with Crippen molar-refractivity contribution in [2.24, 2.45) is 0 Å². The molecule has 292 valence electrons. The van der Waals surface area contributed by atoms with E-state index in [2.05, 4.69) is 129 Å². The van der Waals surface area contributed by atoms with Gasteiger partial charge in [-0.2, -0.15) is 0 Å². The second kappa shape index (κ2) is 42.2. The van der Waals surface area contributed by atoms with Crippen LogP contribution in [0.1, 0.15) is 155 Å². The molecule has 0 aliphatic carbocycles. The summed E-state index contributed by atoms with van der Waals surface area (Å²) in [6, 6.07) is -0.632. The molecule has 2 unspecified atom stereocenters. The lowest BCUT2D eigenvalue weighted by atomic mass is 10.1. The summed E-state index contributed by atoms with van der Waals surface area (Å²) in [5.41, 5.74) is 0. The van der Waals surface area contributed by atoms with E-state index in [4.69, 9.17) is 0 Å². The number of hydrogen-bond acceptors (Lipinski definition) is 3. The minimum Gasteiger partial charge on any atom is -0.394 e. The molecule has 0 spiro atoms. The van der Waals surface area contributed by atoms with Crippen molar-refractivity contribution in [1.82, 2.24) is 5.32 Å². The second-order valence-corrected chi connectivity index (χ2v) is 13.3. The van der Waals surface area contributed by atoms with Gasteiger partial charge in [0.1, 0.15) is 0 Å². The van der Waals surface area contributed by atoms with Crippen LogP contribution in [0.5, 0.6) is 0 Å². The number of carbonyl (C=O) groups is 1. The molecule has 0 heterocycles. The van der Waals surface area contributed by atoms with Crippen molar-refractivity contribution in [3.05, 3.63) is 122 Å². The summed E-state index contributed by atoms with van der Waals surface area (Å²) in [5, 5.41) is 22.6. The molecule has 3 N–H and O–H groups in total. The van der Waals surface area contributed by atoms with Crippen LogP contribution in [-0.4, -0.2) is 34.9 Å². The van der Waals surface area contributed by atoms with Crippen molar-refractivity contribution >= 4 is 5.91 Å². The summed E-state index contributed by atoms with van der Waals surface area (Å²) >= 11 is 0. The van der Waals surface area contributed by atoms with Crippen molar-refractivity contribution in [2.45, 2.75) is 167 Å². The Hall–Kier alpha value is -3.21. The smallest absolute Gasteiger partial charge is 0.220 e. The highest BCUT2D eigenvalue weighted by Gasteiger charge is 2.17. The average molecular weight is 716 g/mol. The van der Waals surface area contributed by atoms with Crippen LogP contribution in [0.2, 0.25) is 0 Å². The summed E-state index contributed by atoms with van der Waals surface area (Å²) in [6.45, 7) is 4.06. The maximum absolute atomic E-state index is 12.2. The van der Waals surface area contributed by atoms with E-state index in [1.54, 1.807) is 6.08 Å². The highest BCUT2D eigenvalue weighted by molar-refractivity contribution is 5.76. The number of unbranched alkanes of at least 4 members (excludes halogenated alkanes) is 10. The van der Waals surface area contributed by atoms with Crippen LogP contribution in [-0.2, 0) is 4.79 Å². The Balaban J connectivity index is 3.64. The third kappa shape index (κ3) is 38.0. The van der Waals surface area contributed by atoms with Crippen molar-refractivity contribution in [2.75, 3.05) is 6.61 Å². The molecule has 0 rings (SSSR count). The van der Waals surface area contributed by atoms with Gasteiger partial charge in [0, 0.05) is 6.42 Å². The van der Waals surface area contributed by atoms with Gasteiger partial charge in [-0.3, -0.25) is 4.79 Å². The molecule has 0 aromatic rings. The lowest BCUT2D eigenvalue weighted by molar-refractivity contribution is -0.123. The molecule has 2 atom stereocenters. The average Bonchev–Trinajstić information content (AvgIpc) is 3.15. The zero-order chi connectivity index (χ0) is 37.8. The van der Waals surface area contributed by atoms with Gasteiger partial charge in [-0.15, -0.1) is 0 Å². The molecule has 0 aromatic heterocycles. The minimum atomic E-state index is -0.847. The number of allylic oxidation sites excluding steroid dienone is 19. The van der Waals surface area contributed by atoms with E-state index in [1.807, 2.05) is 6.08 Å². The Kier molecular flexibility index (Phi) is 39.6. The Bertz CT molecular complexity index is 1080. The fourth-order valence-electron chi connectivity index (χ4n) is 5.28. The monoisotopic (exact) mass is 716 g/mol. The van der Waals surface area contributed by atoms with Gasteiger partial charge >= 0.3 is 0 Å². The molecule has 0 aromatic carbocycles. The Morgan fingerprint density at radius 1 is 0.481 bits per heavy atom. The summed E-state index contributed by atoms with van der Waals surface area (Å²) in [5.74, 6) is -0.0903. The third-order valence-electron chi connectivity index (χ3n) is 8.45. The first-order valence-corrected chi connectivity index (χ1v) is 20.7. The fourth-order valence-corrected chi connectivity index (χ4v) is 5.28. The summed E-state index contributed by atoms with van der Waals surface area (Å²) in [6.07, 6.45) is 66.2. The lowest BCUT2D eigenvalue weighted by Crippen LogP contribution is -2.45. The predicted molar refractivity (Wildman–Crippen MR) is 229 cm³/mol. The molecular formula is C48H77NO3. The number of aliphatic hydroxyl groups excluding tert-OH is 2. The van der Waals surface area contributed by atoms with Crippen LogP contribution in [0.3, 0.4) is 0 Å². The van der Waals surface area contributed by atoms with Gasteiger partial charge in [-0.05, 0) is 89.9 Å². The van der Waals surface area contributed by atoms with E-state index < -0.39 is 12.1 Å². The largest absolute Gasteiger partial charge is 0.394 e. The topological polar surface area (TPSA) is 69.6 Å². The summed E-state index contributed by atoms with van der Waals surface area (Å²) in [4.78, 5) is 12.2. The summed E-state index contributed by atoms with van der Waals surface area (Å²) < 4.78 is 0. The number of carbonyl (C=O) groups excluding carboxylic acids is 1. The van der Waals surface area contributed by atoms with Crippen LogP contribution in [0.4, 0.5) is 0 Å². The maximum Gasteiger partial charge on any atom is 0.220 e. The molecule has 4 heteroatoms. The molecule has 1 amide bonds. The SMILES string of the molecule is CC/C=C\C/C=C\C/C=C\C/C=C\C/C=C\C/C=C\C/C=C\C/C=C\C/C=C\CCCCCCCCCC(=O)NC(CO)C(O)/C=C/CCCCC. The molecule has 4 nitrogen and oxygen atoms in total. The highest BCUT2D eigenvalue weighted by atomic mass is 16.3. The van der Waals surface area contributed by atoms with Crippen LogP contribution in [0.25, 0.3) is 0 Å². The van der Waals surface area contributed by atoms with Gasteiger partial charge in [-0.1, -0.05) is 180 Å². The molecule has 0 radical (unpaired) electrons. The van der Waals surface area contributed by atoms with E-state index in [0.717, 1.165) is 103 Å². The molecule has 0 saturated heterocycles. The van der Waals surface area contributed by atoms with Gasteiger partial charge in [-0.25, -0.2) is 0 Å². The zero-order valence-corrected chi connectivity index (χ0v) is 33.3. The van der Waals surface area contributed by atoms with Gasteiger partial charge in [0.05, 0.1) is 18.8 Å². The van der Waals surface area contributed by atoms with E-state index in [1.165, 1.54) is 32.1 Å². The lowest BCUT2D eigenvalue weighted by Gasteiger charge is -2.20. The standard InChI is InChI=1S/C48H77NO3/c1-3-5-7-9-10-11-12-13-14-15-16-17-18-19-20-21-22-23-24-25-26-27-28-29-30-31-32-33-34-35-36-37-38-40-42-44-48(52)49-46(45-50)47(51)43-41-39-8-6-4-2/h5,7,10-11,13-14,16-17,19-20,22-23,25-26,28-29,31-32,41,43,46-47,50-51H,3-4,6,8-9,12,15,18,21,24,27,30,33-40,42,44-45H2,1-2H3,(H,49,52)/b7-5-,11-10-,14-13-,17-16-,20-19-,23-22-,26-25-,29-28-,32-31-,43-41+. The first-order chi connectivity index (χ1) is 25.7.